The molecule has 1 aliphatic rings. The van der Waals surface area contributed by atoms with Crippen LogP contribution in [0.1, 0.15) is 11.6 Å². The van der Waals surface area contributed by atoms with E-state index in [2.05, 4.69) is 4.90 Å². The Hall–Kier alpha value is -1.19. The van der Waals surface area contributed by atoms with Crippen molar-refractivity contribution >= 4 is 6.29 Å². The summed E-state index contributed by atoms with van der Waals surface area (Å²) < 4.78 is 5.27. The Morgan fingerprint density at radius 1 is 1.20 bits per heavy atom. The van der Waals surface area contributed by atoms with Gasteiger partial charge in [-0.3, -0.25) is 4.90 Å². The largest absolute Gasteiger partial charge is 0.379 e. The molecule has 3 heteroatoms. The molecule has 0 aromatic heterocycles. The van der Waals surface area contributed by atoms with Gasteiger partial charge < -0.3 is 9.53 Å². The van der Waals surface area contributed by atoms with E-state index in [1.165, 1.54) is 0 Å². The highest BCUT2D eigenvalue weighted by molar-refractivity contribution is 5.61. The van der Waals surface area contributed by atoms with Gasteiger partial charge >= 0.3 is 0 Å². The molecule has 2 rings (SSSR count). The standard InChI is InChI=1S/C12H15NO2/c14-10-12(11-4-2-1-3-5-11)13-6-8-15-9-7-13/h1-5,10,12H,6-9H2. The number of rotatable bonds is 3. The lowest BCUT2D eigenvalue weighted by Crippen LogP contribution is -2.39. The second-order valence-electron chi connectivity index (χ2n) is 3.64. The normalized spacial score (nSPS) is 19.7. The van der Waals surface area contributed by atoms with Gasteiger partial charge in [0.25, 0.3) is 0 Å². The first-order valence-corrected chi connectivity index (χ1v) is 5.24. The Balaban J connectivity index is 2.12. The monoisotopic (exact) mass is 205 g/mol. The summed E-state index contributed by atoms with van der Waals surface area (Å²) in [4.78, 5) is 13.3. The fourth-order valence-electron chi connectivity index (χ4n) is 1.88. The zero-order valence-corrected chi connectivity index (χ0v) is 8.63. The van der Waals surface area contributed by atoms with Gasteiger partial charge in [-0.05, 0) is 5.56 Å². The maximum absolute atomic E-state index is 11.1. The van der Waals surface area contributed by atoms with Gasteiger partial charge in [0.05, 0.1) is 19.3 Å². The Kier molecular flexibility index (Phi) is 3.48. The summed E-state index contributed by atoms with van der Waals surface area (Å²) in [6.45, 7) is 3.10. The third-order valence-corrected chi connectivity index (χ3v) is 2.71. The fraction of sp³-hybridized carbons (Fsp3) is 0.417. The third kappa shape index (κ3) is 2.43. The van der Waals surface area contributed by atoms with Crippen molar-refractivity contribution < 1.29 is 9.53 Å². The third-order valence-electron chi connectivity index (χ3n) is 2.71. The van der Waals surface area contributed by atoms with E-state index in [9.17, 15) is 4.79 Å². The number of carbonyl (C=O) groups is 1. The van der Waals surface area contributed by atoms with E-state index >= 15 is 0 Å². The Morgan fingerprint density at radius 2 is 1.87 bits per heavy atom. The molecule has 15 heavy (non-hydrogen) atoms. The SMILES string of the molecule is O=CC(c1ccccc1)N1CCOCC1. The number of hydrogen-bond acceptors (Lipinski definition) is 3. The molecule has 0 spiro atoms. The molecule has 0 aliphatic carbocycles. The molecule has 0 amide bonds. The molecular weight excluding hydrogens is 190 g/mol. The molecule has 0 bridgehead atoms. The molecule has 1 saturated heterocycles. The second-order valence-corrected chi connectivity index (χ2v) is 3.64. The van der Waals surface area contributed by atoms with Crippen LogP contribution in [0.15, 0.2) is 30.3 Å². The van der Waals surface area contributed by atoms with Crippen molar-refractivity contribution in [2.45, 2.75) is 6.04 Å². The van der Waals surface area contributed by atoms with Crippen LogP contribution in [0.3, 0.4) is 0 Å². The first-order chi connectivity index (χ1) is 7.42. The van der Waals surface area contributed by atoms with Gasteiger partial charge in [-0.2, -0.15) is 0 Å². The van der Waals surface area contributed by atoms with Crippen molar-refractivity contribution in [1.82, 2.24) is 4.90 Å². The summed E-state index contributed by atoms with van der Waals surface area (Å²) in [7, 11) is 0. The van der Waals surface area contributed by atoms with Crippen molar-refractivity contribution in [3.8, 4) is 0 Å². The topological polar surface area (TPSA) is 29.5 Å². The number of hydrogen-bond donors (Lipinski definition) is 0. The fourth-order valence-corrected chi connectivity index (χ4v) is 1.88. The van der Waals surface area contributed by atoms with E-state index in [1.54, 1.807) is 0 Å². The number of benzene rings is 1. The van der Waals surface area contributed by atoms with Crippen LogP contribution in [0.5, 0.6) is 0 Å². The number of ether oxygens (including phenoxy) is 1. The van der Waals surface area contributed by atoms with Gasteiger partial charge in [-0.1, -0.05) is 30.3 Å². The van der Waals surface area contributed by atoms with Crippen LogP contribution >= 0.6 is 0 Å². The minimum atomic E-state index is -0.116. The minimum Gasteiger partial charge on any atom is -0.379 e. The number of morpholine rings is 1. The summed E-state index contributed by atoms with van der Waals surface area (Å²) in [6, 6.07) is 9.77. The molecule has 1 fully saturated rings. The van der Waals surface area contributed by atoms with Crippen molar-refractivity contribution in [2.75, 3.05) is 26.3 Å². The highest BCUT2D eigenvalue weighted by atomic mass is 16.5. The van der Waals surface area contributed by atoms with Crippen LogP contribution in [0.4, 0.5) is 0 Å². The maximum Gasteiger partial charge on any atom is 0.141 e. The van der Waals surface area contributed by atoms with Gasteiger partial charge in [-0.15, -0.1) is 0 Å². The summed E-state index contributed by atoms with van der Waals surface area (Å²) in [5.41, 5.74) is 1.06. The smallest absolute Gasteiger partial charge is 0.141 e. The molecule has 0 saturated carbocycles. The van der Waals surface area contributed by atoms with E-state index in [0.717, 1.165) is 38.2 Å². The van der Waals surface area contributed by atoms with E-state index in [0.29, 0.717) is 0 Å². The first-order valence-electron chi connectivity index (χ1n) is 5.24. The van der Waals surface area contributed by atoms with Gasteiger partial charge in [-0.25, -0.2) is 0 Å². The van der Waals surface area contributed by atoms with Gasteiger partial charge in [0, 0.05) is 13.1 Å². The molecule has 1 aliphatic heterocycles. The predicted molar refractivity (Wildman–Crippen MR) is 57.6 cm³/mol. The maximum atomic E-state index is 11.1. The average Bonchev–Trinajstić information content (AvgIpc) is 2.33. The van der Waals surface area contributed by atoms with Crippen LogP contribution in [0.2, 0.25) is 0 Å². The predicted octanol–water partition coefficient (Wildman–Crippen LogP) is 1.26. The number of nitrogens with zero attached hydrogens (tertiary/aromatic N) is 1. The molecular formula is C12H15NO2. The second kappa shape index (κ2) is 5.05. The van der Waals surface area contributed by atoms with Crippen LogP contribution in [-0.4, -0.2) is 37.5 Å². The van der Waals surface area contributed by atoms with Gasteiger partial charge in [0.2, 0.25) is 0 Å². The Labute approximate surface area is 89.7 Å². The lowest BCUT2D eigenvalue weighted by atomic mass is 10.1. The molecule has 0 radical (unpaired) electrons. The highest BCUT2D eigenvalue weighted by Gasteiger charge is 2.21. The molecule has 1 atom stereocenters. The molecule has 1 aromatic rings. The van der Waals surface area contributed by atoms with Crippen LogP contribution < -0.4 is 0 Å². The lowest BCUT2D eigenvalue weighted by molar-refractivity contribution is -0.114. The van der Waals surface area contributed by atoms with Crippen LogP contribution in [-0.2, 0) is 9.53 Å². The number of carbonyl (C=O) groups excluding carboxylic acids is 1. The molecule has 80 valence electrons. The zero-order chi connectivity index (χ0) is 10.5. The molecule has 0 N–H and O–H groups in total. The summed E-state index contributed by atoms with van der Waals surface area (Å²) >= 11 is 0. The van der Waals surface area contributed by atoms with Gasteiger partial charge in [0.15, 0.2) is 0 Å². The lowest BCUT2D eigenvalue weighted by Gasteiger charge is -2.31. The highest BCUT2D eigenvalue weighted by Crippen LogP contribution is 2.19. The molecule has 1 aromatic carbocycles. The van der Waals surface area contributed by atoms with Crippen LogP contribution in [0, 0.1) is 0 Å². The summed E-state index contributed by atoms with van der Waals surface area (Å²) in [5, 5.41) is 0. The van der Waals surface area contributed by atoms with Gasteiger partial charge in [0.1, 0.15) is 6.29 Å². The Morgan fingerprint density at radius 3 is 2.47 bits per heavy atom. The van der Waals surface area contributed by atoms with Crippen molar-refractivity contribution in [2.24, 2.45) is 0 Å². The minimum absolute atomic E-state index is 0.116. The van der Waals surface area contributed by atoms with E-state index in [4.69, 9.17) is 4.74 Å². The van der Waals surface area contributed by atoms with Crippen molar-refractivity contribution in [3.63, 3.8) is 0 Å². The zero-order valence-electron chi connectivity index (χ0n) is 8.63. The molecule has 1 heterocycles. The summed E-state index contributed by atoms with van der Waals surface area (Å²) in [5.74, 6) is 0. The Bertz CT molecular complexity index is 307. The van der Waals surface area contributed by atoms with Crippen molar-refractivity contribution in [3.05, 3.63) is 35.9 Å². The van der Waals surface area contributed by atoms with E-state index in [1.807, 2.05) is 30.3 Å². The quantitative estimate of drug-likeness (QED) is 0.696. The molecule has 1 unspecified atom stereocenters. The average molecular weight is 205 g/mol. The van der Waals surface area contributed by atoms with Crippen molar-refractivity contribution in [1.29, 1.82) is 0 Å². The van der Waals surface area contributed by atoms with Crippen LogP contribution in [0.25, 0.3) is 0 Å². The number of aldehydes is 1. The van der Waals surface area contributed by atoms with E-state index in [-0.39, 0.29) is 6.04 Å². The first kappa shape index (κ1) is 10.3. The molecule has 3 nitrogen and oxygen atoms in total. The van der Waals surface area contributed by atoms with E-state index < -0.39 is 0 Å². The summed E-state index contributed by atoms with van der Waals surface area (Å²) in [6.07, 6.45) is 1.01.